The number of carbonyl (C=O) groups excluding carboxylic acids is 1. The number of imidazole rings is 1. The first-order chi connectivity index (χ1) is 16.2. The van der Waals surface area contributed by atoms with E-state index < -0.39 is 0 Å². The van der Waals surface area contributed by atoms with Gasteiger partial charge in [-0.05, 0) is 30.5 Å². The maximum absolute atomic E-state index is 13.1. The smallest absolute Gasteiger partial charge is 0.270 e. The molecule has 0 radical (unpaired) electrons. The van der Waals surface area contributed by atoms with Crippen LogP contribution in [0.25, 0.3) is 17.0 Å². The number of amides is 1. The summed E-state index contributed by atoms with van der Waals surface area (Å²) < 4.78 is 9.24. The molecule has 1 N–H and O–H groups in total. The topological polar surface area (TPSA) is 86.3 Å². The van der Waals surface area contributed by atoms with E-state index in [1.54, 1.807) is 43.0 Å². The third-order valence-electron chi connectivity index (χ3n) is 5.85. The lowest BCUT2D eigenvalue weighted by Gasteiger charge is -2.19. The fourth-order valence-electron chi connectivity index (χ4n) is 4.33. The molecule has 1 atom stereocenters. The lowest BCUT2D eigenvalue weighted by atomic mass is 10.2. The summed E-state index contributed by atoms with van der Waals surface area (Å²) in [5.74, 6) is 0.625. The minimum absolute atomic E-state index is 0.0195. The van der Waals surface area contributed by atoms with Crippen molar-refractivity contribution in [3.8, 4) is 17.1 Å². The van der Waals surface area contributed by atoms with Crippen LogP contribution < -0.4 is 10.1 Å². The average Bonchev–Trinajstić information content (AvgIpc) is 3.49. The second kappa shape index (κ2) is 8.47. The number of thioether (sulfide) groups is 1. The normalized spacial score (nSPS) is 15.5. The van der Waals surface area contributed by atoms with Gasteiger partial charge in [0.1, 0.15) is 22.8 Å². The van der Waals surface area contributed by atoms with Gasteiger partial charge < -0.3 is 10.1 Å². The molecule has 4 aromatic rings. The fourth-order valence-corrected chi connectivity index (χ4v) is 5.39. The molecule has 0 fully saturated rings. The van der Waals surface area contributed by atoms with Crippen LogP contribution in [0.3, 0.4) is 0 Å². The highest BCUT2D eigenvalue weighted by Gasteiger charge is 2.27. The Kier molecular flexibility index (Phi) is 5.59. The number of nitrogens with zero attached hydrogens (tertiary/aromatic N) is 5. The van der Waals surface area contributed by atoms with E-state index >= 15 is 0 Å². The Morgan fingerprint density at radius 3 is 2.85 bits per heavy atom. The summed E-state index contributed by atoms with van der Waals surface area (Å²) in [6.07, 6.45) is 7.36. The van der Waals surface area contributed by atoms with E-state index in [4.69, 9.17) is 4.74 Å². The van der Waals surface area contributed by atoms with Gasteiger partial charge in [-0.15, -0.1) is 11.8 Å². The molecule has 1 aliphatic carbocycles. The maximum Gasteiger partial charge on any atom is 0.270 e. The molecular formula is C25H28N6O2S. The van der Waals surface area contributed by atoms with Crippen LogP contribution in [0.5, 0.6) is 5.75 Å². The number of nitrogens with one attached hydrogen (secondary N) is 1. The van der Waals surface area contributed by atoms with Crippen LogP contribution in [0.4, 0.5) is 0 Å². The maximum atomic E-state index is 13.1. The van der Waals surface area contributed by atoms with E-state index in [0.717, 1.165) is 40.5 Å². The van der Waals surface area contributed by atoms with Crippen LogP contribution in [-0.4, -0.2) is 41.9 Å². The predicted molar refractivity (Wildman–Crippen MR) is 132 cm³/mol. The summed E-state index contributed by atoms with van der Waals surface area (Å²) in [6, 6.07) is 7.67. The molecule has 0 unspecified atom stereocenters. The molecule has 4 heterocycles. The van der Waals surface area contributed by atoms with Crippen molar-refractivity contribution in [1.29, 1.82) is 0 Å². The Bertz CT molecular complexity index is 1380. The summed E-state index contributed by atoms with van der Waals surface area (Å²) in [6.45, 7) is 6.49. The van der Waals surface area contributed by atoms with Crippen molar-refractivity contribution >= 4 is 23.3 Å². The van der Waals surface area contributed by atoms with Gasteiger partial charge in [0, 0.05) is 30.3 Å². The van der Waals surface area contributed by atoms with Crippen molar-refractivity contribution in [2.45, 2.75) is 49.3 Å². The van der Waals surface area contributed by atoms with Gasteiger partial charge in [0.2, 0.25) is 0 Å². The average molecular weight is 477 g/mol. The highest BCUT2D eigenvalue weighted by atomic mass is 32.2. The highest BCUT2D eigenvalue weighted by Crippen LogP contribution is 2.39. The molecule has 0 bridgehead atoms. The second-order valence-electron chi connectivity index (χ2n) is 9.44. The summed E-state index contributed by atoms with van der Waals surface area (Å²) in [5, 5.41) is 7.76. The van der Waals surface area contributed by atoms with Gasteiger partial charge in [-0.1, -0.05) is 26.8 Å². The van der Waals surface area contributed by atoms with E-state index in [0.29, 0.717) is 11.4 Å². The zero-order chi connectivity index (χ0) is 24.0. The summed E-state index contributed by atoms with van der Waals surface area (Å²) in [7, 11) is 3.46. The van der Waals surface area contributed by atoms with E-state index in [1.165, 1.54) is 5.56 Å². The van der Waals surface area contributed by atoms with Gasteiger partial charge >= 0.3 is 0 Å². The molecule has 1 aliphatic rings. The number of methoxy groups -OCH3 is 1. The highest BCUT2D eigenvalue weighted by molar-refractivity contribution is 8.00. The fraction of sp³-hybridized carbons (Fsp3) is 0.360. The standard InChI is InChI=1S/C25H28N6O2S/c1-25(2,3)34-21-14-31-19(13-27-22(31)12-20(21)33-5)17-11-18(30(4)29-17)24(32)28-16-9-8-15-7-6-10-26-23(15)16/h6-7,10-14,16H,8-9H2,1-5H3,(H,28,32)/t16-/m0/s1. The van der Waals surface area contributed by atoms with Crippen LogP contribution in [0, 0.1) is 0 Å². The molecule has 8 nitrogen and oxygen atoms in total. The molecule has 0 aromatic carbocycles. The van der Waals surface area contributed by atoms with Gasteiger partial charge in [0.25, 0.3) is 5.91 Å². The van der Waals surface area contributed by atoms with Crippen LogP contribution >= 0.6 is 11.8 Å². The van der Waals surface area contributed by atoms with Gasteiger partial charge in [-0.25, -0.2) is 4.98 Å². The summed E-state index contributed by atoms with van der Waals surface area (Å²) >= 11 is 1.73. The predicted octanol–water partition coefficient (Wildman–Crippen LogP) is 4.45. The lowest BCUT2D eigenvalue weighted by molar-refractivity contribution is 0.0926. The largest absolute Gasteiger partial charge is 0.495 e. The van der Waals surface area contributed by atoms with E-state index in [1.807, 2.05) is 28.8 Å². The number of rotatable bonds is 5. The number of aryl methyl sites for hydroxylation is 2. The van der Waals surface area contributed by atoms with Crippen molar-refractivity contribution < 1.29 is 9.53 Å². The van der Waals surface area contributed by atoms with Crippen molar-refractivity contribution in [2.24, 2.45) is 7.05 Å². The van der Waals surface area contributed by atoms with Crippen molar-refractivity contribution in [1.82, 2.24) is 29.5 Å². The van der Waals surface area contributed by atoms with Crippen LogP contribution in [0.2, 0.25) is 0 Å². The van der Waals surface area contributed by atoms with E-state index in [2.05, 4.69) is 47.2 Å². The third-order valence-corrected chi connectivity index (χ3v) is 6.99. The minimum atomic E-state index is -0.163. The van der Waals surface area contributed by atoms with Crippen molar-refractivity contribution in [2.75, 3.05) is 7.11 Å². The van der Waals surface area contributed by atoms with Gasteiger partial charge in [-0.3, -0.25) is 18.9 Å². The first-order valence-corrected chi connectivity index (χ1v) is 12.1. The summed E-state index contributed by atoms with van der Waals surface area (Å²) in [4.78, 5) is 23.2. The SMILES string of the molecule is COc1cc2ncc(-c3cc(C(=O)N[C@H]4CCc5cccnc54)n(C)n3)n2cc1SC(C)(C)C. The Hall–Kier alpha value is -3.33. The number of pyridine rings is 2. The molecule has 5 rings (SSSR count). The quantitative estimate of drug-likeness (QED) is 0.429. The number of hydrogen-bond donors (Lipinski definition) is 1. The number of ether oxygens (including phenoxy) is 1. The molecular weight excluding hydrogens is 448 g/mol. The van der Waals surface area contributed by atoms with Gasteiger partial charge in [-0.2, -0.15) is 5.10 Å². The van der Waals surface area contributed by atoms with Crippen LogP contribution in [0.15, 0.2) is 47.8 Å². The molecule has 0 saturated carbocycles. The summed E-state index contributed by atoms with van der Waals surface area (Å²) in [5.41, 5.74) is 4.90. The molecule has 1 amide bonds. The van der Waals surface area contributed by atoms with E-state index in [-0.39, 0.29) is 16.7 Å². The Balaban J connectivity index is 1.46. The molecule has 9 heteroatoms. The van der Waals surface area contributed by atoms with Gasteiger partial charge in [0.15, 0.2) is 0 Å². The minimum Gasteiger partial charge on any atom is -0.495 e. The van der Waals surface area contributed by atoms with Crippen LogP contribution in [0.1, 0.15) is 55.0 Å². The first-order valence-electron chi connectivity index (χ1n) is 11.3. The Morgan fingerprint density at radius 1 is 1.26 bits per heavy atom. The molecule has 4 aromatic heterocycles. The molecule has 34 heavy (non-hydrogen) atoms. The zero-order valence-corrected chi connectivity index (χ0v) is 20.8. The van der Waals surface area contributed by atoms with Gasteiger partial charge in [0.05, 0.1) is 35.6 Å². The Morgan fingerprint density at radius 2 is 2.09 bits per heavy atom. The number of carbonyl (C=O) groups is 1. The molecule has 0 spiro atoms. The number of aromatic nitrogens is 5. The molecule has 0 aliphatic heterocycles. The molecule has 0 saturated heterocycles. The molecule has 176 valence electrons. The monoisotopic (exact) mass is 476 g/mol. The Labute approximate surface area is 202 Å². The first kappa shape index (κ1) is 22.5. The number of hydrogen-bond acceptors (Lipinski definition) is 6. The third kappa shape index (κ3) is 4.16. The number of fused-ring (bicyclic) bond motifs is 2. The van der Waals surface area contributed by atoms with Crippen molar-refractivity contribution in [3.63, 3.8) is 0 Å². The van der Waals surface area contributed by atoms with Crippen molar-refractivity contribution in [3.05, 3.63) is 59.8 Å². The lowest BCUT2D eigenvalue weighted by Crippen LogP contribution is -2.29. The second-order valence-corrected chi connectivity index (χ2v) is 11.3. The van der Waals surface area contributed by atoms with E-state index in [9.17, 15) is 4.79 Å². The zero-order valence-electron chi connectivity index (χ0n) is 20.0. The van der Waals surface area contributed by atoms with Crippen LogP contribution in [-0.2, 0) is 13.5 Å².